The monoisotopic (exact) mass is 370 g/mol. The second-order valence-corrected chi connectivity index (χ2v) is 5.05. The third-order valence-electron chi connectivity index (χ3n) is 3.59. The van der Waals surface area contributed by atoms with Crippen LogP contribution in [0.2, 0.25) is 0 Å². The number of hydrogen-bond acceptors (Lipinski definition) is 2. The molecule has 1 heterocycles. The molecule has 0 saturated carbocycles. The van der Waals surface area contributed by atoms with E-state index in [9.17, 15) is 5.11 Å². The first kappa shape index (κ1) is 17.2. The minimum atomic E-state index is 0. The summed E-state index contributed by atoms with van der Waals surface area (Å²) in [6.45, 7) is 0.742. The quantitative estimate of drug-likeness (QED) is 0.629. The maximum absolute atomic E-state index is 9.17. The molecule has 118 valence electrons. The summed E-state index contributed by atoms with van der Waals surface area (Å²) in [5.74, 6) is 0. The lowest BCUT2D eigenvalue weighted by Gasteiger charge is -2.04. The van der Waals surface area contributed by atoms with E-state index in [4.69, 9.17) is 0 Å². The Morgan fingerprint density at radius 2 is 1.70 bits per heavy atom. The van der Waals surface area contributed by atoms with Gasteiger partial charge >= 0.3 is 0 Å². The van der Waals surface area contributed by atoms with Crippen molar-refractivity contribution < 1.29 is 26.7 Å². The highest BCUT2D eigenvalue weighted by Gasteiger charge is 2.09. The Hall–Kier alpha value is -2.17. The highest BCUT2D eigenvalue weighted by atomic mass is 79.9. The van der Waals surface area contributed by atoms with Gasteiger partial charge < -0.3 is 27.4 Å². The van der Waals surface area contributed by atoms with Crippen molar-refractivity contribution in [3.8, 4) is 0 Å². The zero-order chi connectivity index (χ0) is 15.2. The summed E-state index contributed by atoms with van der Waals surface area (Å²) in [4.78, 5) is 0. The first-order valence-corrected chi connectivity index (χ1v) is 7.38. The molecule has 0 fully saturated rings. The van der Waals surface area contributed by atoms with Gasteiger partial charge in [-0.1, -0.05) is 30.3 Å². The molecule has 4 heteroatoms. The molecule has 0 aliphatic carbocycles. The van der Waals surface area contributed by atoms with Gasteiger partial charge in [0.05, 0.1) is 5.39 Å². The fraction of sp³-hybridized carbons (Fsp3) is 0.105. The van der Waals surface area contributed by atoms with Crippen LogP contribution >= 0.6 is 0 Å². The highest BCUT2D eigenvalue weighted by Crippen LogP contribution is 2.17. The van der Waals surface area contributed by atoms with Crippen LogP contribution in [0.25, 0.3) is 17.0 Å². The minimum Gasteiger partial charge on any atom is -1.00 e. The summed E-state index contributed by atoms with van der Waals surface area (Å²) in [5.41, 5.74) is 3.33. The van der Waals surface area contributed by atoms with Gasteiger partial charge in [0.15, 0.2) is 12.7 Å². The largest absolute Gasteiger partial charge is 1.00 e. The van der Waals surface area contributed by atoms with Crippen LogP contribution < -0.4 is 26.9 Å². The molecule has 0 saturated heterocycles. The van der Waals surface area contributed by atoms with Crippen molar-refractivity contribution >= 4 is 22.7 Å². The maximum Gasteiger partial charge on any atom is 0.213 e. The summed E-state index contributed by atoms with van der Waals surface area (Å²) < 4.78 is 2.07. The molecule has 2 aromatic carbocycles. The first-order chi connectivity index (χ1) is 10.9. The second-order valence-electron chi connectivity index (χ2n) is 5.05. The van der Waals surface area contributed by atoms with E-state index in [1.165, 1.54) is 5.39 Å². The first-order valence-electron chi connectivity index (χ1n) is 7.38. The summed E-state index contributed by atoms with van der Waals surface area (Å²) >= 11 is 0. The van der Waals surface area contributed by atoms with Crippen LogP contribution in [0, 0.1) is 0 Å². The van der Waals surface area contributed by atoms with Crippen molar-refractivity contribution in [1.82, 2.24) is 0 Å². The predicted molar refractivity (Wildman–Crippen MR) is 90.3 cm³/mol. The zero-order valence-corrected chi connectivity index (χ0v) is 14.3. The third-order valence-corrected chi connectivity index (χ3v) is 3.59. The molecule has 0 unspecified atom stereocenters. The topological polar surface area (TPSA) is 36.1 Å². The smallest absolute Gasteiger partial charge is 0.213 e. The van der Waals surface area contributed by atoms with E-state index in [1.807, 2.05) is 54.9 Å². The summed E-state index contributed by atoms with van der Waals surface area (Å²) in [7, 11) is 0. The van der Waals surface area contributed by atoms with Crippen molar-refractivity contribution in [2.45, 2.75) is 6.54 Å². The van der Waals surface area contributed by atoms with Crippen LogP contribution in [0.5, 0.6) is 0 Å². The van der Waals surface area contributed by atoms with Gasteiger partial charge in [0.2, 0.25) is 5.52 Å². The molecule has 0 aliphatic heterocycles. The Kier molecular flexibility index (Phi) is 6.32. The standard InChI is InChI=1S/C19H18N2O.BrH/c22-15-14-21-13-11-16(18-8-4-5-9-19(18)21)10-12-20-17-6-2-1-3-7-17;/h1-13,22H,14-15H2;1H. The van der Waals surface area contributed by atoms with Crippen molar-refractivity contribution in [1.29, 1.82) is 0 Å². The Morgan fingerprint density at radius 3 is 2.48 bits per heavy atom. The van der Waals surface area contributed by atoms with Crippen LogP contribution in [0.4, 0.5) is 5.69 Å². The molecular formula is C19H19BrN2O. The Morgan fingerprint density at radius 1 is 0.957 bits per heavy atom. The van der Waals surface area contributed by atoms with Gasteiger partial charge in [0, 0.05) is 24.0 Å². The number of benzene rings is 2. The number of para-hydroxylation sites is 2. The van der Waals surface area contributed by atoms with Gasteiger partial charge in [-0.2, -0.15) is 4.57 Å². The molecule has 23 heavy (non-hydrogen) atoms. The van der Waals surface area contributed by atoms with Gasteiger partial charge in [-0.05, 0) is 29.8 Å². The SMILES string of the molecule is OCC[n+]1ccc(C=CNc2ccccc2)c2ccccc21.[Br-]. The van der Waals surface area contributed by atoms with Crippen LogP contribution in [0.1, 0.15) is 5.56 Å². The molecule has 0 radical (unpaired) electrons. The molecule has 0 atom stereocenters. The van der Waals surface area contributed by atoms with E-state index < -0.39 is 0 Å². The number of nitrogens with one attached hydrogen (secondary N) is 1. The Bertz CT molecular complexity index is 788. The Balaban J connectivity index is 0.00000192. The van der Waals surface area contributed by atoms with Crippen LogP contribution in [0.3, 0.4) is 0 Å². The predicted octanol–water partition coefficient (Wildman–Crippen LogP) is 0.206. The van der Waals surface area contributed by atoms with E-state index in [0.29, 0.717) is 6.54 Å². The van der Waals surface area contributed by atoms with E-state index in [2.05, 4.69) is 34.2 Å². The molecule has 3 rings (SSSR count). The van der Waals surface area contributed by atoms with E-state index in [0.717, 1.165) is 16.8 Å². The van der Waals surface area contributed by atoms with Crippen LogP contribution in [-0.2, 0) is 6.54 Å². The highest BCUT2D eigenvalue weighted by molar-refractivity contribution is 5.85. The molecular weight excluding hydrogens is 352 g/mol. The number of halogens is 1. The average molecular weight is 371 g/mol. The average Bonchev–Trinajstić information content (AvgIpc) is 2.58. The van der Waals surface area contributed by atoms with Gasteiger partial charge in [-0.25, -0.2) is 0 Å². The van der Waals surface area contributed by atoms with E-state index in [-0.39, 0.29) is 23.6 Å². The number of hydrogen-bond donors (Lipinski definition) is 2. The summed E-state index contributed by atoms with van der Waals surface area (Å²) in [6.07, 6.45) is 6.03. The fourth-order valence-corrected chi connectivity index (χ4v) is 2.52. The van der Waals surface area contributed by atoms with Gasteiger partial charge in [-0.3, -0.25) is 0 Å². The number of rotatable bonds is 5. The van der Waals surface area contributed by atoms with E-state index >= 15 is 0 Å². The second kappa shape index (κ2) is 8.46. The number of fused-ring (bicyclic) bond motifs is 1. The minimum absolute atomic E-state index is 0. The molecule has 0 aliphatic rings. The third kappa shape index (κ3) is 4.18. The fourth-order valence-electron chi connectivity index (χ4n) is 2.52. The number of pyridine rings is 1. The number of anilines is 1. The van der Waals surface area contributed by atoms with Gasteiger partial charge in [0.1, 0.15) is 6.61 Å². The zero-order valence-electron chi connectivity index (χ0n) is 12.7. The summed E-state index contributed by atoms with van der Waals surface area (Å²) in [6, 6.07) is 20.4. The number of aliphatic hydroxyl groups is 1. The molecule has 0 amide bonds. The van der Waals surface area contributed by atoms with Crippen molar-refractivity contribution in [2.24, 2.45) is 0 Å². The molecule has 0 bridgehead atoms. The van der Waals surface area contributed by atoms with Crippen LogP contribution in [-0.4, -0.2) is 11.7 Å². The lowest BCUT2D eigenvalue weighted by Crippen LogP contribution is -3.00. The van der Waals surface area contributed by atoms with Crippen molar-refractivity contribution in [2.75, 3.05) is 11.9 Å². The number of aliphatic hydroxyl groups excluding tert-OH is 1. The van der Waals surface area contributed by atoms with Gasteiger partial charge in [-0.15, -0.1) is 0 Å². The molecule has 3 aromatic rings. The Labute approximate surface area is 146 Å². The van der Waals surface area contributed by atoms with Gasteiger partial charge in [0.25, 0.3) is 0 Å². The number of aromatic nitrogens is 1. The number of nitrogens with zero attached hydrogens (tertiary/aromatic N) is 1. The normalized spacial score (nSPS) is 10.7. The molecule has 3 nitrogen and oxygen atoms in total. The van der Waals surface area contributed by atoms with Crippen LogP contribution in [0.15, 0.2) is 73.1 Å². The summed E-state index contributed by atoms with van der Waals surface area (Å²) in [5, 5.41) is 13.6. The lowest BCUT2D eigenvalue weighted by atomic mass is 10.1. The van der Waals surface area contributed by atoms with E-state index in [1.54, 1.807) is 0 Å². The molecule has 0 spiro atoms. The maximum atomic E-state index is 9.17. The molecule has 1 aromatic heterocycles. The molecule has 2 N–H and O–H groups in total. The van der Waals surface area contributed by atoms with Crippen molar-refractivity contribution in [3.05, 3.63) is 78.6 Å². The van der Waals surface area contributed by atoms with Crippen molar-refractivity contribution in [3.63, 3.8) is 0 Å². The lowest BCUT2D eigenvalue weighted by molar-refractivity contribution is -0.672.